The average molecular weight is 225 g/mol. The van der Waals surface area contributed by atoms with Crippen LogP contribution in [0.5, 0.6) is 11.5 Å². The maximum Gasteiger partial charge on any atom is 0.121 e. The van der Waals surface area contributed by atoms with Gasteiger partial charge in [-0.1, -0.05) is 13.8 Å². The zero-order chi connectivity index (χ0) is 12.1. The summed E-state index contributed by atoms with van der Waals surface area (Å²) in [6.45, 7) is 6.15. The molecule has 0 aliphatic heterocycles. The molecule has 1 aromatic carbocycles. The fraction of sp³-hybridized carbons (Fsp3) is 0.500. The zero-order valence-corrected chi connectivity index (χ0v) is 9.72. The molecular weight excluding hydrogens is 206 g/mol. The first kappa shape index (κ1) is 12.8. The third-order valence-electron chi connectivity index (χ3n) is 2.70. The van der Waals surface area contributed by atoms with Crippen molar-refractivity contribution in [2.24, 2.45) is 0 Å². The summed E-state index contributed by atoms with van der Waals surface area (Å²) in [5, 5.41) is 28.8. The number of likely N-dealkylation sites (N-methyl/N-ethyl adjacent to an activating group) is 1. The molecule has 0 bridgehead atoms. The minimum atomic E-state index is -0.785. The summed E-state index contributed by atoms with van der Waals surface area (Å²) >= 11 is 0. The fourth-order valence-corrected chi connectivity index (χ4v) is 1.63. The Hall–Kier alpha value is -1.26. The summed E-state index contributed by atoms with van der Waals surface area (Å²) in [6, 6.07) is 4.17. The Morgan fingerprint density at radius 2 is 1.81 bits per heavy atom. The molecule has 1 rings (SSSR count). The molecule has 0 aromatic heterocycles. The molecule has 0 radical (unpaired) electrons. The van der Waals surface area contributed by atoms with Gasteiger partial charge in [0.2, 0.25) is 0 Å². The number of aliphatic hydroxyl groups is 1. The molecule has 90 valence electrons. The van der Waals surface area contributed by atoms with Crippen LogP contribution < -0.4 is 0 Å². The quantitative estimate of drug-likeness (QED) is 0.664. The molecule has 0 aliphatic rings. The van der Waals surface area contributed by atoms with E-state index in [0.29, 0.717) is 12.1 Å². The van der Waals surface area contributed by atoms with E-state index in [2.05, 4.69) is 0 Å². The predicted octanol–water partition coefficient (Wildman–Crippen LogP) is 1.47. The van der Waals surface area contributed by atoms with E-state index in [4.69, 9.17) is 0 Å². The van der Waals surface area contributed by atoms with Crippen LogP contribution in [-0.2, 0) is 0 Å². The third-order valence-corrected chi connectivity index (χ3v) is 2.70. The van der Waals surface area contributed by atoms with Gasteiger partial charge in [0.05, 0.1) is 6.10 Å². The first-order valence-electron chi connectivity index (χ1n) is 5.50. The topological polar surface area (TPSA) is 63.9 Å². The standard InChI is InChI=1S/C12H19NO3/c1-3-13(4-2)8-12(16)10-7-9(14)5-6-11(10)15/h5-7,12,14-16H,3-4,8H2,1-2H3. The molecule has 0 amide bonds. The van der Waals surface area contributed by atoms with Gasteiger partial charge in [0.15, 0.2) is 0 Å². The number of hydrogen-bond acceptors (Lipinski definition) is 4. The van der Waals surface area contributed by atoms with Gasteiger partial charge in [-0.15, -0.1) is 0 Å². The number of rotatable bonds is 5. The van der Waals surface area contributed by atoms with Crippen LogP contribution in [-0.4, -0.2) is 39.9 Å². The van der Waals surface area contributed by atoms with Crippen molar-refractivity contribution >= 4 is 0 Å². The number of phenolic OH excluding ortho intramolecular Hbond substituents is 2. The molecule has 1 unspecified atom stereocenters. The highest BCUT2D eigenvalue weighted by atomic mass is 16.3. The molecule has 0 saturated carbocycles. The normalized spacial score (nSPS) is 13.0. The molecule has 3 N–H and O–H groups in total. The number of benzene rings is 1. The average Bonchev–Trinajstić information content (AvgIpc) is 2.28. The fourth-order valence-electron chi connectivity index (χ4n) is 1.63. The Kier molecular flexibility index (Phi) is 4.58. The highest BCUT2D eigenvalue weighted by Gasteiger charge is 2.15. The van der Waals surface area contributed by atoms with E-state index in [9.17, 15) is 15.3 Å². The zero-order valence-electron chi connectivity index (χ0n) is 9.72. The van der Waals surface area contributed by atoms with Crippen molar-refractivity contribution in [3.8, 4) is 11.5 Å². The minimum absolute atomic E-state index is 0.0115. The first-order valence-corrected chi connectivity index (χ1v) is 5.50. The molecule has 1 aromatic rings. The van der Waals surface area contributed by atoms with Crippen molar-refractivity contribution in [2.45, 2.75) is 20.0 Å². The van der Waals surface area contributed by atoms with Crippen molar-refractivity contribution in [3.05, 3.63) is 23.8 Å². The van der Waals surface area contributed by atoms with Crippen molar-refractivity contribution in [2.75, 3.05) is 19.6 Å². The highest BCUT2D eigenvalue weighted by molar-refractivity contribution is 5.40. The minimum Gasteiger partial charge on any atom is -0.508 e. The lowest BCUT2D eigenvalue weighted by molar-refractivity contribution is 0.116. The Morgan fingerprint density at radius 1 is 1.19 bits per heavy atom. The molecule has 0 fully saturated rings. The lowest BCUT2D eigenvalue weighted by atomic mass is 10.1. The summed E-state index contributed by atoms with van der Waals surface area (Å²) in [4.78, 5) is 2.05. The van der Waals surface area contributed by atoms with Crippen LogP contribution in [0.2, 0.25) is 0 Å². The molecule has 0 saturated heterocycles. The summed E-state index contributed by atoms with van der Waals surface area (Å²) in [7, 11) is 0. The molecule has 16 heavy (non-hydrogen) atoms. The van der Waals surface area contributed by atoms with E-state index in [0.717, 1.165) is 13.1 Å². The van der Waals surface area contributed by atoms with Crippen LogP contribution >= 0.6 is 0 Å². The second-order valence-electron chi connectivity index (χ2n) is 3.74. The molecule has 1 atom stereocenters. The maximum atomic E-state index is 9.95. The largest absolute Gasteiger partial charge is 0.508 e. The molecule has 4 heteroatoms. The Balaban J connectivity index is 2.79. The van der Waals surface area contributed by atoms with Crippen LogP contribution in [0.15, 0.2) is 18.2 Å². The Morgan fingerprint density at radius 3 is 2.38 bits per heavy atom. The molecule has 0 spiro atoms. The number of aliphatic hydroxyl groups excluding tert-OH is 1. The second kappa shape index (κ2) is 5.72. The van der Waals surface area contributed by atoms with Crippen LogP contribution in [0.4, 0.5) is 0 Å². The van der Waals surface area contributed by atoms with E-state index in [1.165, 1.54) is 18.2 Å². The van der Waals surface area contributed by atoms with Gasteiger partial charge in [0, 0.05) is 12.1 Å². The SMILES string of the molecule is CCN(CC)CC(O)c1cc(O)ccc1O. The van der Waals surface area contributed by atoms with Gasteiger partial charge in [0.25, 0.3) is 0 Å². The maximum absolute atomic E-state index is 9.95. The van der Waals surface area contributed by atoms with Crippen LogP contribution in [0.3, 0.4) is 0 Å². The van der Waals surface area contributed by atoms with Crippen LogP contribution in [0, 0.1) is 0 Å². The van der Waals surface area contributed by atoms with Gasteiger partial charge in [0.1, 0.15) is 11.5 Å². The third kappa shape index (κ3) is 3.12. The predicted molar refractivity (Wildman–Crippen MR) is 62.5 cm³/mol. The van der Waals surface area contributed by atoms with E-state index in [1.807, 2.05) is 18.7 Å². The lowest BCUT2D eigenvalue weighted by Gasteiger charge is -2.22. The van der Waals surface area contributed by atoms with Crippen LogP contribution in [0.25, 0.3) is 0 Å². The molecule has 4 nitrogen and oxygen atoms in total. The van der Waals surface area contributed by atoms with Crippen LogP contribution in [0.1, 0.15) is 25.5 Å². The van der Waals surface area contributed by atoms with Gasteiger partial charge >= 0.3 is 0 Å². The van der Waals surface area contributed by atoms with Crippen molar-refractivity contribution in [1.29, 1.82) is 0 Å². The summed E-state index contributed by atoms with van der Waals surface area (Å²) in [5.41, 5.74) is 0.368. The van der Waals surface area contributed by atoms with Crippen molar-refractivity contribution in [1.82, 2.24) is 4.90 Å². The number of aromatic hydroxyl groups is 2. The van der Waals surface area contributed by atoms with Crippen molar-refractivity contribution in [3.63, 3.8) is 0 Å². The van der Waals surface area contributed by atoms with Gasteiger partial charge < -0.3 is 20.2 Å². The summed E-state index contributed by atoms with van der Waals surface area (Å²) in [6.07, 6.45) is -0.785. The highest BCUT2D eigenvalue weighted by Crippen LogP contribution is 2.28. The van der Waals surface area contributed by atoms with Gasteiger partial charge in [-0.05, 0) is 31.3 Å². The summed E-state index contributed by atoms with van der Waals surface area (Å²) < 4.78 is 0. The smallest absolute Gasteiger partial charge is 0.121 e. The van der Waals surface area contributed by atoms with E-state index >= 15 is 0 Å². The van der Waals surface area contributed by atoms with Crippen molar-refractivity contribution < 1.29 is 15.3 Å². The number of phenols is 2. The number of nitrogens with zero attached hydrogens (tertiary/aromatic N) is 1. The van der Waals surface area contributed by atoms with Gasteiger partial charge in [-0.2, -0.15) is 0 Å². The molecule has 0 heterocycles. The van der Waals surface area contributed by atoms with Gasteiger partial charge in [-0.25, -0.2) is 0 Å². The summed E-state index contributed by atoms with van der Waals surface area (Å²) in [5.74, 6) is 0.0591. The monoisotopic (exact) mass is 225 g/mol. The first-order chi connectivity index (χ1) is 7.58. The van der Waals surface area contributed by atoms with E-state index < -0.39 is 6.10 Å². The Bertz CT molecular complexity index is 337. The van der Waals surface area contributed by atoms with E-state index in [1.54, 1.807) is 0 Å². The van der Waals surface area contributed by atoms with E-state index in [-0.39, 0.29) is 11.5 Å². The Labute approximate surface area is 95.8 Å². The lowest BCUT2D eigenvalue weighted by Crippen LogP contribution is -2.28. The molecule has 0 aliphatic carbocycles. The number of hydrogen-bond donors (Lipinski definition) is 3. The van der Waals surface area contributed by atoms with Gasteiger partial charge in [-0.3, -0.25) is 0 Å². The second-order valence-corrected chi connectivity index (χ2v) is 3.74. The molecular formula is C12H19NO3.